The van der Waals surface area contributed by atoms with Crippen molar-refractivity contribution in [2.24, 2.45) is 0 Å². The van der Waals surface area contributed by atoms with E-state index in [1.54, 1.807) is 0 Å². The third kappa shape index (κ3) is 41.7. The van der Waals surface area contributed by atoms with E-state index in [0.29, 0.717) is 12.8 Å². The number of esters is 2. The minimum Gasteiger partial charge on any atom is -0.462 e. The van der Waals surface area contributed by atoms with Crippen LogP contribution in [0.15, 0.2) is 97.2 Å². The van der Waals surface area contributed by atoms with Gasteiger partial charge in [-0.1, -0.05) is 156 Å². The molecule has 0 heterocycles. The Hall–Kier alpha value is -3.03. The highest BCUT2D eigenvalue weighted by Crippen LogP contribution is 2.35. The van der Waals surface area contributed by atoms with E-state index in [2.05, 4.69) is 97.4 Å². The summed E-state index contributed by atoms with van der Waals surface area (Å²) in [4.78, 5) is 42.7. The van der Waals surface area contributed by atoms with Crippen LogP contribution in [0, 0.1) is 0 Å². The van der Waals surface area contributed by atoms with Crippen molar-refractivity contribution in [2.75, 3.05) is 13.2 Å². The lowest BCUT2D eigenvalue weighted by molar-refractivity contribution is -0.161. The number of allylic oxidation sites excluding steroid dienone is 16. The highest BCUT2D eigenvalue weighted by molar-refractivity contribution is 7.46. The summed E-state index contributed by atoms with van der Waals surface area (Å²) in [5.41, 5.74) is 0. The van der Waals surface area contributed by atoms with Crippen LogP contribution in [-0.2, 0) is 28.2 Å². The molecule has 54 heavy (non-hydrogen) atoms. The van der Waals surface area contributed by atoms with Gasteiger partial charge in [0.25, 0.3) is 0 Å². The van der Waals surface area contributed by atoms with Crippen LogP contribution in [-0.4, -0.2) is 41.0 Å². The minimum atomic E-state index is -4.79. The molecule has 0 aromatic rings. The first-order valence-electron chi connectivity index (χ1n) is 20.5. The number of carbonyl (C=O) groups excluding carboxylic acids is 2. The number of hydrogen-bond donors (Lipinski definition) is 2. The molecular formula is C45H73O8P. The van der Waals surface area contributed by atoms with Crippen molar-refractivity contribution in [3.8, 4) is 0 Å². The number of ether oxygens (including phenoxy) is 2. The number of phosphoric acid groups is 1. The van der Waals surface area contributed by atoms with E-state index in [-0.39, 0.29) is 19.4 Å². The van der Waals surface area contributed by atoms with E-state index in [9.17, 15) is 14.2 Å². The molecule has 0 aliphatic rings. The lowest BCUT2D eigenvalue weighted by Crippen LogP contribution is -2.29. The Morgan fingerprint density at radius 2 is 0.870 bits per heavy atom. The zero-order valence-electron chi connectivity index (χ0n) is 33.6. The molecule has 0 bridgehead atoms. The number of phosphoric ester groups is 1. The summed E-state index contributed by atoms with van der Waals surface area (Å²) < 4.78 is 26.2. The number of unbranched alkanes of at least 4 members (excludes halogenated alkanes) is 10. The second-order valence-corrected chi connectivity index (χ2v) is 14.5. The van der Waals surface area contributed by atoms with Crippen molar-refractivity contribution in [3.63, 3.8) is 0 Å². The summed E-state index contributed by atoms with van der Waals surface area (Å²) in [7, 11) is -4.79. The molecule has 8 nitrogen and oxygen atoms in total. The standard InChI is InChI=1S/C45H73O8P/c1-3-5-7-9-11-13-15-17-19-21-22-24-26-28-30-32-34-36-38-40-45(47)53-43(42-52-54(48,49)50)41-51-44(46)39-37-35-33-31-29-27-25-23-20-18-16-14-12-10-8-6-4-2/h11,13,17-20,22,24-25,27-28,30-31,33-34,36,43H,3-10,12,14-16,21,23,26,29,32,35,37-42H2,1-2H3,(H2,48,49,50)/b13-11+,19-17+,20-18+,24-22+,27-25+,30-28+,33-31+,36-34+/t43-/m1/s1. The summed E-state index contributed by atoms with van der Waals surface area (Å²) in [6.07, 6.45) is 54.3. The molecule has 1 atom stereocenters. The van der Waals surface area contributed by atoms with Crippen LogP contribution >= 0.6 is 7.82 Å². The van der Waals surface area contributed by atoms with Crippen molar-refractivity contribution < 1.29 is 37.9 Å². The fourth-order valence-corrected chi connectivity index (χ4v) is 5.38. The van der Waals surface area contributed by atoms with Gasteiger partial charge >= 0.3 is 19.8 Å². The van der Waals surface area contributed by atoms with Crippen molar-refractivity contribution in [1.82, 2.24) is 0 Å². The molecule has 0 saturated carbocycles. The lowest BCUT2D eigenvalue weighted by atomic mass is 10.1. The van der Waals surface area contributed by atoms with Gasteiger partial charge in [-0.2, -0.15) is 0 Å². The van der Waals surface area contributed by atoms with E-state index in [0.717, 1.165) is 51.4 Å². The second-order valence-electron chi connectivity index (χ2n) is 13.2. The van der Waals surface area contributed by atoms with Crippen LogP contribution in [0.4, 0.5) is 0 Å². The summed E-state index contributed by atoms with van der Waals surface area (Å²) >= 11 is 0. The molecular weight excluding hydrogens is 699 g/mol. The topological polar surface area (TPSA) is 119 Å². The van der Waals surface area contributed by atoms with Gasteiger partial charge in [-0.15, -0.1) is 0 Å². The molecule has 0 aromatic carbocycles. The SMILES string of the molecule is CCCCC/C=C/C/C=C/C/C=C/C/C=C/C/C=C/CCC(=O)O[C@H](COC(=O)CCC/C=C/C/C=C/C/C=C/CCCCCCCC)COP(=O)(O)O. The quantitative estimate of drug-likeness (QED) is 0.0280. The van der Waals surface area contributed by atoms with E-state index in [1.807, 2.05) is 18.2 Å². The molecule has 2 N–H and O–H groups in total. The van der Waals surface area contributed by atoms with Gasteiger partial charge in [0.1, 0.15) is 6.61 Å². The molecule has 0 aliphatic heterocycles. The van der Waals surface area contributed by atoms with Gasteiger partial charge in [0.2, 0.25) is 0 Å². The Balaban J connectivity index is 4.17. The van der Waals surface area contributed by atoms with Crippen molar-refractivity contribution in [1.29, 1.82) is 0 Å². The molecule has 9 heteroatoms. The molecule has 0 rings (SSSR count). The monoisotopic (exact) mass is 773 g/mol. The van der Waals surface area contributed by atoms with Gasteiger partial charge in [-0.05, 0) is 83.5 Å². The maximum absolute atomic E-state index is 12.4. The highest BCUT2D eigenvalue weighted by atomic mass is 31.2. The first-order valence-corrected chi connectivity index (χ1v) is 22.1. The molecule has 0 amide bonds. The van der Waals surface area contributed by atoms with E-state index in [4.69, 9.17) is 19.3 Å². The maximum atomic E-state index is 12.4. The molecule has 306 valence electrons. The highest BCUT2D eigenvalue weighted by Gasteiger charge is 2.22. The fraction of sp³-hybridized carbons (Fsp3) is 0.600. The van der Waals surface area contributed by atoms with Crippen LogP contribution in [0.2, 0.25) is 0 Å². The summed E-state index contributed by atoms with van der Waals surface area (Å²) in [6, 6.07) is 0. The average molecular weight is 773 g/mol. The number of rotatable bonds is 36. The Labute approximate surface area is 328 Å². The Morgan fingerprint density at radius 3 is 1.35 bits per heavy atom. The predicted octanol–water partition coefficient (Wildman–Crippen LogP) is 12.6. The Morgan fingerprint density at radius 1 is 0.481 bits per heavy atom. The molecule has 0 spiro atoms. The Bertz CT molecular complexity index is 1190. The van der Waals surface area contributed by atoms with E-state index in [1.165, 1.54) is 64.2 Å². The first-order chi connectivity index (χ1) is 26.3. The van der Waals surface area contributed by atoms with Crippen molar-refractivity contribution in [3.05, 3.63) is 97.2 Å². The fourth-order valence-electron chi connectivity index (χ4n) is 5.02. The van der Waals surface area contributed by atoms with Gasteiger partial charge < -0.3 is 19.3 Å². The van der Waals surface area contributed by atoms with Crippen LogP contribution < -0.4 is 0 Å². The van der Waals surface area contributed by atoms with Crippen LogP contribution in [0.1, 0.15) is 155 Å². The number of carbonyl (C=O) groups is 2. The number of hydrogen-bond acceptors (Lipinski definition) is 6. The van der Waals surface area contributed by atoms with Gasteiger partial charge in [-0.25, -0.2) is 4.57 Å². The van der Waals surface area contributed by atoms with Crippen molar-refractivity contribution in [2.45, 2.75) is 161 Å². The predicted molar refractivity (Wildman–Crippen MR) is 225 cm³/mol. The molecule has 0 fully saturated rings. The zero-order valence-corrected chi connectivity index (χ0v) is 34.5. The van der Waals surface area contributed by atoms with Crippen LogP contribution in [0.25, 0.3) is 0 Å². The lowest BCUT2D eigenvalue weighted by Gasteiger charge is -2.18. The molecule has 0 aromatic heterocycles. The summed E-state index contributed by atoms with van der Waals surface area (Å²) in [6.45, 7) is 3.53. The van der Waals surface area contributed by atoms with Crippen molar-refractivity contribution >= 4 is 19.8 Å². The third-order valence-corrected chi connectivity index (χ3v) is 8.57. The minimum absolute atomic E-state index is 0.0724. The third-order valence-electron chi connectivity index (χ3n) is 8.09. The van der Waals surface area contributed by atoms with Gasteiger partial charge in [0.15, 0.2) is 6.10 Å². The molecule has 0 aliphatic carbocycles. The molecule has 0 radical (unpaired) electrons. The average Bonchev–Trinajstić information content (AvgIpc) is 3.14. The largest absolute Gasteiger partial charge is 0.469 e. The molecule has 0 unspecified atom stereocenters. The normalized spacial score (nSPS) is 13.5. The maximum Gasteiger partial charge on any atom is 0.469 e. The summed E-state index contributed by atoms with van der Waals surface area (Å²) in [5, 5.41) is 0. The van der Waals surface area contributed by atoms with Gasteiger partial charge in [0, 0.05) is 12.8 Å². The zero-order chi connectivity index (χ0) is 39.6. The van der Waals surface area contributed by atoms with E-state index >= 15 is 0 Å². The molecule has 0 saturated heterocycles. The van der Waals surface area contributed by atoms with Gasteiger partial charge in [0.05, 0.1) is 6.61 Å². The Kier molecular flexibility index (Phi) is 37.4. The first kappa shape index (κ1) is 51.0. The summed E-state index contributed by atoms with van der Waals surface area (Å²) in [5.74, 6) is -1.05. The van der Waals surface area contributed by atoms with Gasteiger partial charge in [-0.3, -0.25) is 14.1 Å². The van der Waals surface area contributed by atoms with Crippen LogP contribution in [0.3, 0.4) is 0 Å². The smallest absolute Gasteiger partial charge is 0.462 e. The van der Waals surface area contributed by atoms with Crippen LogP contribution in [0.5, 0.6) is 0 Å². The second kappa shape index (κ2) is 39.7. The van der Waals surface area contributed by atoms with E-state index < -0.39 is 32.5 Å².